The van der Waals surface area contributed by atoms with Gasteiger partial charge in [0.05, 0.1) is 5.52 Å². The molecule has 5 heteroatoms. The Balaban J connectivity index is 2.01. The smallest absolute Gasteiger partial charge is 0.170 e. The Morgan fingerprint density at radius 2 is 2.00 bits per heavy atom. The molecule has 0 radical (unpaired) electrons. The normalized spacial score (nSPS) is 14.8. The molecule has 0 bridgehead atoms. The summed E-state index contributed by atoms with van der Waals surface area (Å²) in [5.74, 6) is 0.311. The summed E-state index contributed by atoms with van der Waals surface area (Å²) in [5.41, 5.74) is 11.4. The highest BCUT2D eigenvalue weighted by atomic mass is 16.4. The van der Waals surface area contributed by atoms with E-state index < -0.39 is 0 Å². The maximum absolute atomic E-state index is 12.5. The fraction of sp³-hybridized carbons (Fsp3) is 0.200. The Labute approximate surface area is 145 Å². The number of amidine groups is 1. The summed E-state index contributed by atoms with van der Waals surface area (Å²) in [5, 5.41) is 13.0. The van der Waals surface area contributed by atoms with Gasteiger partial charge in [-0.05, 0) is 49.6 Å². The van der Waals surface area contributed by atoms with Crippen LogP contribution in [0, 0.1) is 6.92 Å². The van der Waals surface area contributed by atoms with Crippen LogP contribution < -0.4 is 5.73 Å². The number of ketones is 1. The van der Waals surface area contributed by atoms with E-state index in [1.807, 2.05) is 43.3 Å². The SMILES string of the molecule is Cc1cc(/C(N)=N/O)ccc1-n1c2c(c3ccccc31)C(=O)CCC2. The molecule has 3 aromatic rings. The van der Waals surface area contributed by atoms with Crippen molar-refractivity contribution in [2.45, 2.75) is 26.2 Å². The summed E-state index contributed by atoms with van der Waals surface area (Å²) in [6.45, 7) is 2.00. The van der Waals surface area contributed by atoms with Crippen molar-refractivity contribution in [3.8, 4) is 5.69 Å². The minimum Gasteiger partial charge on any atom is -0.409 e. The van der Waals surface area contributed by atoms with Crippen LogP contribution in [0.5, 0.6) is 0 Å². The van der Waals surface area contributed by atoms with E-state index >= 15 is 0 Å². The van der Waals surface area contributed by atoms with Crippen LogP contribution in [-0.4, -0.2) is 21.4 Å². The quantitative estimate of drug-likeness (QED) is 0.326. The molecule has 1 aromatic heterocycles. The van der Waals surface area contributed by atoms with Gasteiger partial charge >= 0.3 is 0 Å². The maximum Gasteiger partial charge on any atom is 0.170 e. The average molecular weight is 333 g/mol. The first-order valence-electron chi connectivity index (χ1n) is 8.36. The second kappa shape index (κ2) is 5.77. The number of aryl methyl sites for hydroxylation is 1. The third-order valence-electron chi connectivity index (χ3n) is 4.91. The number of carbonyl (C=O) groups is 1. The van der Waals surface area contributed by atoms with E-state index in [-0.39, 0.29) is 11.6 Å². The number of nitrogens with two attached hydrogens (primary N) is 1. The number of para-hydroxylation sites is 1. The molecule has 0 saturated carbocycles. The third kappa shape index (κ3) is 2.31. The molecule has 0 fully saturated rings. The zero-order chi connectivity index (χ0) is 17.6. The lowest BCUT2D eigenvalue weighted by Crippen LogP contribution is -2.15. The summed E-state index contributed by atoms with van der Waals surface area (Å²) < 4.78 is 2.19. The van der Waals surface area contributed by atoms with E-state index in [0.717, 1.165) is 46.3 Å². The van der Waals surface area contributed by atoms with Crippen molar-refractivity contribution in [2.24, 2.45) is 10.9 Å². The van der Waals surface area contributed by atoms with Gasteiger partial charge in [-0.25, -0.2) is 0 Å². The number of aromatic nitrogens is 1. The molecule has 0 unspecified atom stereocenters. The van der Waals surface area contributed by atoms with Gasteiger partial charge in [-0.3, -0.25) is 4.79 Å². The van der Waals surface area contributed by atoms with E-state index in [1.54, 1.807) is 0 Å². The Morgan fingerprint density at radius 3 is 2.76 bits per heavy atom. The van der Waals surface area contributed by atoms with E-state index in [9.17, 15) is 4.79 Å². The molecule has 4 rings (SSSR count). The van der Waals surface area contributed by atoms with Crippen LogP contribution in [0.2, 0.25) is 0 Å². The van der Waals surface area contributed by atoms with Crippen LogP contribution in [0.4, 0.5) is 0 Å². The van der Waals surface area contributed by atoms with Gasteiger partial charge in [0.15, 0.2) is 11.6 Å². The predicted molar refractivity (Wildman–Crippen MR) is 97.8 cm³/mol. The second-order valence-corrected chi connectivity index (χ2v) is 6.44. The Kier molecular flexibility index (Phi) is 3.57. The van der Waals surface area contributed by atoms with Crippen LogP contribution in [0.15, 0.2) is 47.6 Å². The molecular formula is C20H19N3O2. The highest BCUT2D eigenvalue weighted by molar-refractivity contribution is 6.10. The van der Waals surface area contributed by atoms with Crippen LogP contribution in [0.3, 0.4) is 0 Å². The fourth-order valence-electron chi connectivity index (χ4n) is 3.78. The van der Waals surface area contributed by atoms with Gasteiger partial charge in [-0.1, -0.05) is 23.4 Å². The largest absolute Gasteiger partial charge is 0.409 e. The molecule has 0 aliphatic heterocycles. The van der Waals surface area contributed by atoms with Crippen LogP contribution >= 0.6 is 0 Å². The zero-order valence-electron chi connectivity index (χ0n) is 14.0. The molecule has 126 valence electrons. The Morgan fingerprint density at radius 1 is 1.20 bits per heavy atom. The highest BCUT2D eigenvalue weighted by Crippen LogP contribution is 2.35. The minimum atomic E-state index is 0.0872. The summed E-state index contributed by atoms with van der Waals surface area (Å²) in [4.78, 5) is 12.5. The van der Waals surface area contributed by atoms with Crippen molar-refractivity contribution in [1.82, 2.24) is 4.57 Å². The number of oxime groups is 1. The molecule has 0 amide bonds. The lowest BCUT2D eigenvalue weighted by Gasteiger charge is -2.17. The average Bonchev–Trinajstić information content (AvgIpc) is 2.96. The first kappa shape index (κ1) is 15.4. The highest BCUT2D eigenvalue weighted by Gasteiger charge is 2.26. The number of hydrogen-bond acceptors (Lipinski definition) is 3. The van der Waals surface area contributed by atoms with Crippen LogP contribution in [-0.2, 0) is 6.42 Å². The number of rotatable bonds is 2. The molecule has 2 aromatic carbocycles. The predicted octanol–water partition coefficient (Wildman–Crippen LogP) is 3.55. The van der Waals surface area contributed by atoms with Gasteiger partial charge < -0.3 is 15.5 Å². The Hall–Kier alpha value is -3.08. The van der Waals surface area contributed by atoms with Crippen molar-refractivity contribution in [1.29, 1.82) is 0 Å². The van der Waals surface area contributed by atoms with Crippen LogP contribution in [0.25, 0.3) is 16.6 Å². The third-order valence-corrected chi connectivity index (χ3v) is 4.91. The van der Waals surface area contributed by atoms with Gasteiger partial charge in [0.25, 0.3) is 0 Å². The lowest BCUT2D eigenvalue weighted by atomic mass is 9.94. The molecular weight excluding hydrogens is 314 g/mol. The van der Waals surface area contributed by atoms with Crippen molar-refractivity contribution in [3.05, 3.63) is 64.8 Å². The monoisotopic (exact) mass is 333 g/mol. The van der Waals surface area contributed by atoms with E-state index in [1.165, 1.54) is 0 Å². The summed E-state index contributed by atoms with van der Waals surface area (Å²) in [6.07, 6.45) is 2.38. The first-order chi connectivity index (χ1) is 12.1. The topological polar surface area (TPSA) is 80.6 Å². The standard InChI is InChI=1S/C20H19N3O2/c1-12-11-13(20(21)22-25)9-10-15(12)23-16-6-3-2-5-14(16)19-17(23)7-4-8-18(19)24/h2-3,5-6,9-11,25H,4,7-8H2,1H3,(H2,21,22). The molecule has 5 nitrogen and oxygen atoms in total. The molecule has 25 heavy (non-hydrogen) atoms. The van der Waals surface area contributed by atoms with E-state index in [0.29, 0.717) is 12.0 Å². The minimum absolute atomic E-state index is 0.0872. The number of nitrogens with zero attached hydrogens (tertiary/aromatic N) is 2. The van der Waals surface area contributed by atoms with E-state index in [4.69, 9.17) is 10.9 Å². The lowest BCUT2D eigenvalue weighted by molar-refractivity contribution is 0.0973. The molecule has 0 saturated heterocycles. The van der Waals surface area contributed by atoms with Gasteiger partial charge in [-0.2, -0.15) is 0 Å². The molecule has 0 spiro atoms. The molecule has 1 aliphatic carbocycles. The maximum atomic E-state index is 12.5. The number of carbonyl (C=O) groups excluding carboxylic acids is 1. The molecule has 1 aliphatic rings. The fourth-order valence-corrected chi connectivity index (χ4v) is 3.78. The van der Waals surface area contributed by atoms with Gasteiger partial charge in [0.2, 0.25) is 0 Å². The van der Waals surface area contributed by atoms with Gasteiger partial charge in [0.1, 0.15) is 0 Å². The van der Waals surface area contributed by atoms with Crippen molar-refractivity contribution in [2.75, 3.05) is 0 Å². The second-order valence-electron chi connectivity index (χ2n) is 6.44. The van der Waals surface area contributed by atoms with Crippen LogP contribution in [0.1, 0.15) is 40.0 Å². The number of hydrogen-bond donors (Lipinski definition) is 2. The van der Waals surface area contributed by atoms with E-state index in [2.05, 4.69) is 15.8 Å². The summed E-state index contributed by atoms with van der Waals surface area (Å²) >= 11 is 0. The Bertz CT molecular complexity index is 1030. The number of fused-ring (bicyclic) bond motifs is 3. The van der Waals surface area contributed by atoms with Crippen molar-refractivity contribution in [3.63, 3.8) is 0 Å². The molecule has 3 N–H and O–H groups in total. The number of Topliss-reactive ketones (excluding diaryl/α,β-unsaturated/α-hetero) is 1. The van der Waals surface area contributed by atoms with Crippen molar-refractivity contribution >= 4 is 22.5 Å². The number of benzene rings is 2. The van der Waals surface area contributed by atoms with Crippen molar-refractivity contribution < 1.29 is 10.0 Å². The first-order valence-corrected chi connectivity index (χ1v) is 8.36. The van der Waals surface area contributed by atoms with Gasteiger partial charge in [0, 0.05) is 34.3 Å². The molecule has 0 atom stereocenters. The molecule has 1 heterocycles. The summed E-state index contributed by atoms with van der Waals surface area (Å²) in [7, 11) is 0. The van der Waals surface area contributed by atoms with Gasteiger partial charge in [-0.15, -0.1) is 0 Å². The summed E-state index contributed by atoms with van der Waals surface area (Å²) in [6, 6.07) is 13.7. The zero-order valence-corrected chi connectivity index (χ0v) is 14.0.